The van der Waals surface area contributed by atoms with Crippen LogP contribution >= 0.6 is 11.6 Å². The van der Waals surface area contributed by atoms with Crippen LogP contribution in [0.1, 0.15) is 40.3 Å². The normalized spacial score (nSPS) is 12.0. The van der Waals surface area contributed by atoms with Gasteiger partial charge in [0.15, 0.2) is 5.60 Å². The van der Waals surface area contributed by atoms with E-state index in [1.165, 1.54) is 7.11 Å². The molecule has 6 nitrogen and oxygen atoms in total. The summed E-state index contributed by atoms with van der Waals surface area (Å²) in [5.74, 6) is 0.330. The van der Waals surface area contributed by atoms with Gasteiger partial charge in [0, 0.05) is 5.56 Å². The lowest BCUT2D eigenvalue weighted by atomic mass is 9.99. The average molecular weight is 471 g/mol. The minimum absolute atomic E-state index is 0.0479. The van der Waals surface area contributed by atoms with Gasteiger partial charge >= 0.3 is 5.97 Å². The van der Waals surface area contributed by atoms with E-state index >= 15 is 0 Å². The number of carbonyl (C=O) groups is 1. The van der Waals surface area contributed by atoms with E-state index in [0.29, 0.717) is 17.3 Å². The topological polar surface area (TPSA) is 62.6 Å². The van der Waals surface area contributed by atoms with E-state index in [1.807, 2.05) is 54.6 Å². The van der Waals surface area contributed by atoms with Crippen LogP contribution in [0.3, 0.4) is 0 Å². The predicted molar refractivity (Wildman–Crippen MR) is 130 cm³/mol. The third-order valence-electron chi connectivity index (χ3n) is 4.90. The van der Waals surface area contributed by atoms with Crippen molar-refractivity contribution < 1.29 is 19.0 Å². The first-order valence-electron chi connectivity index (χ1n) is 10.8. The molecule has 0 aliphatic carbocycles. The van der Waals surface area contributed by atoms with Gasteiger partial charge in [0.05, 0.1) is 42.4 Å². The summed E-state index contributed by atoms with van der Waals surface area (Å²) in [5.41, 5.74) is 2.11. The van der Waals surface area contributed by atoms with Gasteiger partial charge in [0.2, 0.25) is 0 Å². The molecule has 0 saturated heterocycles. The Labute approximate surface area is 200 Å². The first-order valence-corrected chi connectivity index (χ1v) is 11.2. The van der Waals surface area contributed by atoms with Gasteiger partial charge in [0.25, 0.3) is 0 Å². The molecule has 3 rings (SSSR count). The highest BCUT2D eigenvalue weighted by Gasteiger charge is 2.30. The molecule has 0 aliphatic rings. The van der Waals surface area contributed by atoms with E-state index in [0.717, 1.165) is 22.7 Å². The number of para-hydroxylation sites is 1. The number of ether oxygens (including phenoxy) is 3. The maximum atomic E-state index is 12.0. The zero-order chi connectivity index (χ0) is 24.2. The zero-order valence-electron chi connectivity index (χ0n) is 20.0. The number of halogens is 1. The Morgan fingerprint density at radius 2 is 1.76 bits per heavy atom. The monoisotopic (exact) mass is 470 g/mol. The van der Waals surface area contributed by atoms with E-state index in [2.05, 4.69) is 20.8 Å². The van der Waals surface area contributed by atoms with Crippen LogP contribution in [0.5, 0.6) is 5.75 Å². The van der Waals surface area contributed by atoms with Gasteiger partial charge in [-0.1, -0.05) is 56.6 Å². The van der Waals surface area contributed by atoms with Crippen molar-refractivity contribution in [3.63, 3.8) is 0 Å². The number of methoxy groups -OCH3 is 1. The van der Waals surface area contributed by atoms with Crippen LogP contribution in [0.25, 0.3) is 16.9 Å². The molecule has 0 fully saturated rings. The van der Waals surface area contributed by atoms with Crippen molar-refractivity contribution in [1.82, 2.24) is 9.78 Å². The van der Waals surface area contributed by atoms with Crippen LogP contribution in [0.2, 0.25) is 5.02 Å². The van der Waals surface area contributed by atoms with Gasteiger partial charge in [-0.3, -0.25) is 0 Å². The summed E-state index contributed by atoms with van der Waals surface area (Å²) in [4.78, 5) is 12.0. The predicted octanol–water partition coefficient (Wildman–Crippen LogP) is 6.09. The first-order chi connectivity index (χ1) is 15.5. The third-order valence-corrected chi connectivity index (χ3v) is 5.22. The van der Waals surface area contributed by atoms with Crippen LogP contribution in [0.15, 0.2) is 54.6 Å². The van der Waals surface area contributed by atoms with Crippen LogP contribution in [-0.4, -0.2) is 35.1 Å². The van der Waals surface area contributed by atoms with E-state index in [4.69, 9.17) is 30.9 Å². The minimum atomic E-state index is -1.09. The van der Waals surface area contributed by atoms with Gasteiger partial charge < -0.3 is 14.2 Å². The zero-order valence-corrected chi connectivity index (χ0v) is 20.8. The summed E-state index contributed by atoms with van der Waals surface area (Å²) in [6.45, 7) is 10.5. The quantitative estimate of drug-likeness (QED) is 0.373. The summed E-state index contributed by atoms with van der Waals surface area (Å²) >= 11 is 6.49. The molecule has 176 valence electrons. The fourth-order valence-corrected chi connectivity index (χ4v) is 3.33. The van der Waals surface area contributed by atoms with Crippen molar-refractivity contribution in [2.45, 2.75) is 46.8 Å². The second-order valence-electron chi connectivity index (χ2n) is 9.55. The van der Waals surface area contributed by atoms with Gasteiger partial charge in [-0.2, -0.15) is 5.10 Å². The lowest BCUT2D eigenvalue weighted by molar-refractivity contribution is -0.166. The number of carbonyl (C=O) groups excluding carboxylic acids is 1. The molecule has 0 saturated carbocycles. The number of hydrogen-bond acceptors (Lipinski definition) is 5. The van der Waals surface area contributed by atoms with Crippen molar-refractivity contribution in [1.29, 1.82) is 0 Å². The molecule has 7 heteroatoms. The Bertz CT molecular complexity index is 1120. The molecule has 0 N–H and O–H groups in total. The number of rotatable bonds is 8. The molecular formula is C26H31ClN2O4. The summed E-state index contributed by atoms with van der Waals surface area (Å²) < 4.78 is 18.5. The molecular weight excluding hydrogens is 440 g/mol. The Kier molecular flexibility index (Phi) is 7.50. The second kappa shape index (κ2) is 9.98. The van der Waals surface area contributed by atoms with Crippen molar-refractivity contribution in [3.8, 4) is 22.7 Å². The van der Waals surface area contributed by atoms with Crippen LogP contribution < -0.4 is 4.74 Å². The maximum absolute atomic E-state index is 12.0. The Balaban J connectivity index is 1.98. The smallest absolute Gasteiger partial charge is 0.337 e. The molecule has 0 amide bonds. The number of hydrogen-bond donors (Lipinski definition) is 0. The number of esters is 1. The van der Waals surface area contributed by atoms with E-state index < -0.39 is 11.6 Å². The van der Waals surface area contributed by atoms with Gasteiger partial charge in [-0.25, -0.2) is 9.48 Å². The molecule has 1 aromatic heterocycles. The average Bonchev–Trinajstić information content (AvgIpc) is 3.20. The molecule has 3 aromatic rings. The molecule has 0 aliphatic heterocycles. The molecule has 0 radical (unpaired) electrons. The molecule has 1 heterocycles. The van der Waals surface area contributed by atoms with Gasteiger partial charge in [-0.15, -0.1) is 0 Å². The fourth-order valence-electron chi connectivity index (χ4n) is 3.12. The van der Waals surface area contributed by atoms with Crippen molar-refractivity contribution >= 4 is 17.6 Å². The first kappa shape index (κ1) is 24.8. The van der Waals surface area contributed by atoms with Crippen molar-refractivity contribution in [2.75, 3.05) is 13.7 Å². The molecule has 2 aromatic carbocycles. The number of benzene rings is 2. The van der Waals surface area contributed by atoms with Crippen molar-refractivity contribution in [2.24, 2.45) is 5.41 Å². The largest absolute Gasteiger partial charge is 0.493 e. The summed E-state index contributed by atoms with van der Waals surface area (Å²) in [5, 5.41) is 5.31. The van der Waals surface area contributed by atoms with Crippen LogP contribution in [-0.2, 0) is 20.9 Å². The Morgan fingerprint density at radius 1 is 1.03 bits per heavy atom. The minimum Gasteiger partial charge on any atom is -0.493 e. The maximum Gasteiger partial charge on any atom is 0.337 e. The summed E-state index contributed by atoms with van der Waals surface area (Å²) in [7, 11) is 1.34. The molecule has 0 atom stereocenters. The van der Waals surface area contributed by atoms with E-state index in [-0.39, 0.29) is 12.0 Å². The number of aromatic nitrogens is 2. The second-order valence-corrected chi connectivity index (χ2v) is 9.96. The van der Waals surface area contributed by atoms with Crippen LogP contribution in [0, 0.1) is 5.41 Å². The van der Waals surface area contributed by atoms with Gasteiger partial charge in [0.1, 0.15) is 5.75 Å². The number of nitrogens with zero attached hydrogens (tertiary/aromatic N) is 2. The standard InChI is InChI=1S/C26H31ClN2O4/c1-25(2,3)17-32-20-11-9-10-18(14-20)23-15-19(16-33-26(4,5)24(30)31-6)28-29(23)22-13-8-7-12-21(22)27/h7-15H,16-17H2,1-6H3. The highest BCUT2D eigenvalue weighted by atomic mass is 35.5. The van der Waals surface area contributed by atoms with E-state index in [1.54, 1.807) is 18.5 Å². The SMILES string of the molecule is COC(=O)C(C)(C)OCc1cc(-c2cccc(OCC(C)(C)C)c2)n(-c2ccccc2Cl)n1. The fraction of sp³-hybridized carbons (Fsp3) is 0.385. The highest BCUT2D eigenvalue weighted by Crippen LogP contribution is 2.31. The Hall–Kier alpha value is -2.83. The van der Waals surface area contributed by atoms with Gasteiger partial charge in [-0.05, 0) is 49.6 Å². The Morgan fingerprint density at radius 3 is 2.42 bits per heavy atom. The van der Waals surface area contributed by atoms with Crippen LogP contribution in [0.4, 0.5) is 0 Å². The molecule has 0 spiro atoms. The summed E-state index contributed by atoms with van der Waals surface area (Å²) in [6.07, 6.45) is 0. The molecule has 33 heavy (non-hydrogen) atoms. The van der Waals surface area contributed by atoms with E-state index in [9.17, 15) is 4.79 Å². The molecule has 0 bridgehead atoms. The van der Waals surface area contributed by atoms with Crippen molar-refractivity contribution in [3.05, 3.63) is 65.3 Å². The third kappa shape index (κ3) is 6.36. The molecule has 0 unspecified atom stereocenters. The lowest BCUT2D eigenvalue weighted by Crippen LogP contribution is -2.35. The lowest BCUT2D eigenvalue weighted by Gasteiger charge is -2.21. The highest BCUT2D eigenvalue weighted by molar-refractivity contribution is 6.32. The summed E-state index contributed by atoms with van der Waals surface area (Å²) in [6, 6.07) is 17.3.